The molecule has 3 nitrogen and oxygen atoms in total. The molecule has 0 bridgehead atoms. The van der Waals surface area contributed by atoms with Gasteiger partial charge in [-0.05, 0) is 49.0 Å². The van der Waals surface area contributed by atoms with E-state index in [0.717, 1.165) is 18.8 Å². The first-order valence-corrected chi connectivity index (χ1v) is 7.20. The summed E-state index contributed by atoms with van der Waals surface area (Å²) in [6, 6.07) is 6.45. The van der Waals surface area contributed by atoms with Gasteiger partial charge < -0.3 is 9.84 Å². The largest absolute Gasteiger partial charge is 0.496 e. The lowest BCUT2D eigenvalue weighted by atomic mass is 9.96. The second-order valence-corrected chi connectivity index (χ2v) is 5.60. The van der Waals surface area contributed by atoms with Gasteiger partial charge in [-0.3, -0.25) is 4.90 Å². The number of likely N-dealkylation sites (tertiary alicyclic amines) is 1. The molecule has 1 aromatic rings. The minimum atomic E-state index is 0.130. The first-order chi connectivity index (χ1) is 9.17. The molecule has 1 heterocycles. The van der Waals surface area contributed by atoms with Crippen molar-refractivity contribution in [2.45, 2.75) is 38.6 Å². The van der Waals surface area contributed by atoms with E-state index in [-0.39, 0.29) is 12.6 Å². The fraction of sp³-hybridized carbons (Fsp3) is 0.625. The van der Waals surface area contributed by atoms with Gasteiger partial charge in [0.15, 0.2) is 0 Å². The minimum absolute atomic E-state index is 0.130. The Labute approximate surface area is 116 Å². The third kappa shape index (κ3) is 3.10. The Kier molecular flexibility index (Phi) is 4.83. The van der Waals surface area contributed by atoms with Crippen molar-refractivity contribution in [1.29, 1.82) is 0 Å². The van der Waals surface area contributed by atoms with E-state index in [4.69, 9.17) is 4.74 Å². The van der Waals surface area contributed by atoms with E-state index < -0.39 is 0 Å². The molecule has 3 heteroatoms. The van der Waals surface area contributed by atoms with Gasteiger partial charge in [0.05, 0.1) is 19.8 Å². The monoisotopic (exact) mass is 263 g/mol. The summed E-state index contributed by atoms with van der Waals surface area (Å²) in [4.78, 5) is 2.38. The highest BCUT2D eigenvalue weighted by molar-refractivity contribution is 5.40. The molecular weight excluding hydrogens is 238 g/mol. The van der Waals surface area contributed by atoms with E-state index >= 15 is 0 Å². The highest BCUT2D eigenvalue weighted by Gasteiger charge is 2.23. The normalized spacial score (nSPS) is 17.9. The van der Waals surface area contributed by atoms with E-state index in [0.29, 0.717) is 5.92 Å². The van der Waals surface area contributed by atoms with E-state index in [2.05, 4.69) is 30.9 Å². The fourth-order valence-corrected chi connectivity index (χ4v) is 2.90. The Morgan fingerprint density at radius 2 is 1.95 bits per heavy atom. The average molecular weight is 263 g/mol. The summed E-state index contributed by atoms with van der Waals surface area (Å²) >= 11 is 0. The Bertz CT molecular complexity index is 411. The lowest BCUT2D eigenvalue weighted by molar-refractivity contribution is 0.147. The van der Waals surface area contributed by atoms with Gasteiger partial charge >= 0.3 is 0 Å². The number of ether oxygens (including phenoxy) is 1. The molecule has 19 heavy (non-hydrogen) atoms. The standard InChI is InChI=1S/C16H25NO2/c1-12(2)14-10-13(6-7-16(14)19-3)15(11-18)17-8-4-5-9-17/h6-7,10,12,15,18H,4-5,8-9,11H2,1-3H3. The molecule has 0 aliphatic carbocycles. The molecule has 1 fully saturated rings. The zero-order valence-corrected chi connectivity index (χ0v) is 12.2. The van der Waals surface area contributed by atoms with Crippen LogP contribution in [-0.4, -0.2) is 36.8 Å². The third-order valence-corrected chi connectivity index (χ3v) is 4.01. The van der Waals surface area contributed by atoms with Crippen LogP contribution >= 0.6 is 0 Å². The van der Waals surface area contributed by atoms with Gasteiger partial charge in [0.2, 0.25) is 0 Å². The number of aliphatic hydroxyl groups is 1. The van der Waals surface area contributed by atoms with Crippen LogP contribution in [0.4, 0.5) is 0 Å². The Hall–Kier alpha value is -1.06. The molecule has 0 amide bonds. The Morgan fingerprint density at radius 3 is 2.47 bits per heavy atom. The lowest BCUT2D eigenvalue weighted by Gasteiger charge is -2.27. The molecule has 0 radical (unpaired) electrons. The second kappa shape index (κ2) is 6.40. The number of aliphatic hydroxyl groups excluding tert-OH is 1. The van der Waals surface area contributed by atoms with Crippen molar-refractivity contribution in [3.63, 3.8) is 0 Å². The number of hydrogen-bond acceptors (Lipinski definition) is 3. The van der Waals surface area contributed by atoms with Crippen LogP contribution in [0.2, 0.25) is 0 Å². The van der Waals surface area contributed by atoms with E-state index in [1.165, 1.54) is 24.0 Å². The minimum Gasteiger partial charge on any atom is -0.496 e. The van der Waals surface area contributed by atoms with Crippen LogP contribution in [0.1, 0.15) is 49.8 Å². The van der Waals surface area contributed by atoms with Gasteiger partial charge in [-0.25, -0.2) is 0 Å². The van der Waals surface area contributed by atoms with Crippen molar-refractivity contribution in [1.82, 2.24) is 4.90 Å². The van der Waals surface area contributed by atoms with Gasteiger partial charge in [-0.1, -0.05) is 26.0 Å². The third-order valence-electron chi connectivity index (χ3n) is 4.01. The second-order valence-electron chi connectivity index (χ2n) is 5.60. The predicted molar refractivity (Wildman–Crippen MR) is 77.7 cm³/mol. The van der Waals surface area contributed by atoms with Crippen LogP contribution in [0.5, 0.6) is 5.75 Å². The molecule has 1 atom stereocenters. The first-order valence-electron chi connectivity index (χ1n) is 7.20. The fourth-order valence-electron chi connectivity index (χ4n) is 2.90. The van der Waals surface area contributed by atoms with Gasteiger partial charge in [0.1, 0.15) is 5.75 Å². The van der Waals surface area contributed by atoms with Crippen LogP contribution < -0.4 is 4.74 Å². The first kappa shape index (κ1) is 14.4. The van der Waals surface area contributed by atoms with Gasteiger partial charge in [-0.2, -0.15) is 0 Å². The van der Waals surface area contributed by atoms with E-state index in [9.17, 15) is 5.11 Å². The summed E-state index contributed by atoms with van der Waals surface area (Å²) in [6.45, 7) is 6.71. The molecule has 1 aliphatic rings. The summed E-state index contributed by atoms with van der Waals surface area (Å²) in [5.74, 6) is 1.37. The number of hydrogen-bond donors (Lipinski definition) is 1. The quantitative estimate of drug-likeness (QED) is 0.886. The highest BCUT2D eigenvalue weighted by atomic mass is 16.5. The smallest absolute Gasteiger partial charge is 0.122 e. The predicted octanol–water partition coefficient (Wildman–Crippen LogP) is 2.95. The molecule has 0 spiro atoms. The molecule has 1 aromatic carbocycles. The number of methoxy groups -OCH3 is 1. The highest BCUT2D eigenvalue weighted by Crippen LogP contribution is 2.32. The van der Waals surface area contributed by atoms with E-state index in [1.807, 2.05) is 6.07 Å². The SMILES string of the molecule is COc1ccc(C(CO)N2CCCC2)cc1C(C)C. The van der Waals surface area contributed by atoms with Crippen LogP contribution in [0.25, 0.3) is 0 Å². The van der Waals surface area contributed by atoms with Crippen molar-refractivity contribution in [2.24, 2.45) is 0 Å². The molecule has 1 saturated heterocycles. The number of rotatable bonds is 5. The molecule has 1 unspecified atom stereocenters. The maximum absolute atomic E-state index is 9.72. The summed E-state index contributed by atoms with van der Waals surface area (Å²) < 4.78 is 5.42. The summed E-state index contributed by atoms with van der Waals surface area (Å²) in [5, 5.41) is 9.72. The molecule has 0 aromatic heterocycles. The summed E-state index contributed by atoms with van der Waals surface area (Å²) in [5.41, 5.74) is 2.42. The maximum Gasteiger partial charge on any atom is 0.122 e. The molecular formula is C16H25NO2. The molecule has 1 N–H and O–H groups in total. The van der Waals surface area contributed by atoms with Gasteiger partial charge in [0, 0.05) is 0 Å². The van der Waals surface area contributed by atoms with Crippen molar-refractivity contribution in [2.75, 3.05) is 26.8 Å². The van der Waals surface area contributed by atoms with Crippen LogP contribution in [-0.2, 0) is 0 Å². The van der Waals surface area contributed by atoms with Crippen molar-refractivity contribution in [3.05, 3.63) is 29.3 Å². The van der Waals surface area contributed by atoms with Gasteiger partial charge in [-0.15, -0.1) is 0 Å². The maximum atomic E-state index is 9.72. The van der Waals surface area contributed by atoms with Crippen molar-refractivity contribution >= 4 is 0 Å². The number of benzene rings is 1. The van der Waals surface area contributed by atoms with Crippen LogP contribution in [0.3, 0.4) is 0 Å². The van der Waals surface area contributed by atoms with E-state index in [1.54, 1.807) is 7.11 Å². The molecule has 2 rings (SSSR count). The average Bonchev–Trinajstić information content (AvgIpc) is 2.93. The Morgan fingerprint density at radius 1 is 1.26 bits per heavy atom. The van der Waals surface area contributed by atoms with Crippen LogP contribution in [0, 0.1) is 0 Å². The summed E-state index contributed by atoms with van der Waals surface area (Å²) in [7, 11) is 1.71. The Balaban J connectivity index is 2.29. The van der Waals surface area contributed by atoms with Crippen molar-refractivity contribution in [3.8, 4) is 5.75 Å². The summed E-state index contributed by atoms with van der Waals surface area (Å²) in [6.07, 6.45) is 2.48. The zero-order valence-electron chi connectivity index (χ0n) is 12.2. The molecule has 0 saturated carbocycles. The molecule has 1 aliphatic heterocycles. The topological polar surface area (TPSA) is 32.7 Å². The van der Waals surface area contributed by atoms with Crippen molar-refractivity contribution < 1.29 is 9.84 Å². The number of nitrogens with zero attached hydrogens (tertiary/aromatic N) is 1. The molecule has 106 valence electrons. The van der Waals surface area contributed by atoms with Gasteiger partial charge in [0.25, 0.3) is 0 Å². The van der Waals surface area contributed by atoms with Crippen LogP contribution in [0.15, 0.2) is 18.2 Å². The lowest BCUT2D eigenvalue weighted by Crippen LogP contribution is -2.28. The zero-order chi connectivity index (χ0) is 13.8.